The van der Waals surface area contributed by atoms with Crippen LogP contribution in [0.25, 0.3) is 11.0 Å². The van der Waals surface area contributed by atoms with Gasteiger partial charge in [0.1, 0.15) is 16.5 Å². The van der Waals surface area contributed by atoms with Crippen molar-refractivity contribution in [2.75, 3.05) is 12.4 Å². The minimum atomic E-state index is -0.477. The van der Waals surface area contributed by atoms with E-state index in [1.54, 1.807) is 48.5 Å². The molecule has 2 heterocycles. The number of esters is 1. The van der Waals surface area contributed by atoms with Gasteiger partial charge in [-0.1, -0.05) is 18.2 Å². The van der Waals surface area contributed by atoms with E-state index < -0.39 is 5.97 Å². The van der Waals surface area contributed by atoms with E-state index in [-0.39, 0.29) is 11.7 Å². The van der Waals surface area contributed by atoms with Gasteiger partial charge in [0, 0.05) is 12.1 Å². The first-order valence-corrected chi connectivity index (χ1v) is 9.56. The maximum Gasteiger partial charge on any atom is 0.348 e. The highest BCUT2D eigenvalue weighted by atomic mass is 32.1. The van der Waals surface area contributed by atoms with Crippen LogP contribution in [0.15, 0.2) is 54.6 Å². The molecular weight excluding hydrogens is 393 g/mol. The molecule has 0 aliphatic rings. The average Bonchev–Trinajstić information content (AvgIpc) is 3.36. The van der Waals surface area contributed by atoms with Gasteiger partial charge in [0.15, 0.2) is 0 Å². The van der Waals surface area contributed by atoms with Gasteiger partial charge in [-0.15, -0.1) is 11.3 Å². The summed E-state index contributed by atoms with van der Waals surface area (Å²) in [6.45, 7) is 0. The SMILES string of the molecule is COC(=O)c1ccc(C(=O)Nc2ccc3nc(Cc4ccccc4F)[nH]c3c2)s1. The lowest BCUT2D eigenvalue weighted by molar-refractivity contribution is 0.0606. The molecule has 146 valence electrons. The second kappa shape index (κ2) is 7.84. The highest BCUT2D eigenvalue weighted by molar-refractivity contribution is 7.16. The predicted molar refractivity (Wildman–Crippen MR) is 109 cm³/mol. The molecule has 0 spiro atoms. The molecular formula is C21H16FN3O3S. The van der Waals surface area contributed by atoms with Crippen molar-refractivity contribution in [2.24, 2.45) is 0 Å². The number of fused-ring (bicyclic) bond motifs is 1. The highest BCUT2D eigenvalue weighted by Crippen LogP contribution is 2.22. The van der Waals surface area contributed by atoms with Crippen molar-refractivity contribution in [3.05, 3.63) is 81.6 Å². The summed E-state index contributed by atoms with van der Waals surface area (Å²) in [6.07, 6.45) is 0.342. The number of imidazole rings is 1. The first kappa shape index (κ1) is 18.8. The summed E-state index contributed by atoms with van der Waals surface area (Å²) in [7, 11) is 1.29. The number of nitrogens with one attached hydrogen (secondary N) is 2. The number of H-pyrrole nitrogens is 1. The van der Waals surface area contributed by atoms with Gasteiger partial charge in [0.05, 0.1) is 23.0 Å². The summed E-state index contributed by atoms with van der Waals surface area (Å²) in [5.74, 6) is -0.441. The Morgan fingerprint density at radius 3 is 2.72 bits per heavy atom. The van der Waals surface area contributed by atoms with Crippen LogP contribution >= 0.6 is 11.3 Å². The van der Waals surface area contributed by atoms with Crippen LogP contribution in [0.2, 0.25) is 0 Å². The summed E-state index contributed by atoms with van der Waals surface area (Å²) in [5, 5.41) is 2.80. The number of aromatic nitrogens is 2. The molecule has 0 saturated carbocycles. The molecule has 2 aromatic carbocycles. The Bertz CT molecular complexity index is 1210. The summed E-state index contributed by atoms with van der Waals surface area (Å²) < 4.78 is 18.5. The maximum atomic E-state index is 13.9. The van der Waals surface area contributed by atoms with E-state index in [0.717, 1.165) is 22.4 Å². The monoisotopic (exact) mass is 409 g/mol. The third kappa shape index (κ3) is 4.02. The number of benzene rings is 2. The van der Waals surface area contributed by atoms with Crippen molar-refractivity contribution in [2.45, 2.75) is 6.42 Å². The van der Waals surface area contributed by atoms with Gasteiger partial charge >= 0.3 is 5.97 Å². The van der Waals surface area contributed by atoms with Crippen LogP contribution in [0.1, 0.15) is 30.7 Å². The van der Waals surface area contributed by atoms with Gasteiger partial charge in [0.25, 0.3) is 5.91 Å². The fourth-order valence-corrected chi connectivity index (χ4v) is 3.73. The number of hydrogen-bond acceptors (Lipinski definition) is 5. The summed E-state index contributed by atoms with van der Waals surface area (Å²) in [5.41, 5.74) is 2.59. The Hall–Kier alpha value is -3.52. The van der Waals surface area contributed by atoms with Gasteiger partial charge in [0.2, 0.25) is 0 Å². The molecule has 0 fully saturated rings. The lowest BCUT2D eigenvalue weighted by Gasteiger charge is -2.03. The molecule has 0 aliphatic carbocycles. The Balaban J connectivity index is 1.51. The molecule has 4 aromatic rings. The normalized spacial score (nSPS) is 10.8. The molecule has 29 heavy (non-hydrogen) atoms. The predicted octanol–water partition coefficient (Wildman–Crippen LogP) is 4.39. The maximum absolute atomic E-state index is 13.9. The largest absolute Gasteiger partial charge is 0.465 e. The number of carbonyl (C=O) groups excluding carboxylic acids is 2. The van der Waals surface area contributed by atoms with Gasteiger partial charge < -0.3 is 15.0 Å². The van der Waals surface area contributed by atoms with Crippen molar-refractivity contribution in [3.8, 4) is 0 Å². The van der Waals surface area contributed by atoms with E-state index in [1.807, 2.05) is 0 Å². The molecule has 1 amide bonds. The van der Waals surface area contributed by atoms with E-state index in [1.165, 1.54) is 13.2 Å². The number of thiophene rings is 1. The van der Waals surface area contributed by atoms with Crippen LogP contribution in [0, 0.1) is 5.82 Å². The molecule has 2 N–H and O–H groups in total. The van der Waals surface area contributed by atoms with E-state index >= 15 is 0 Å². The minimum absolute atomic E-state index is 0.275. The van der Waals surface area contributed by atoms with E-state index in [9.17, 15) is 14.0 Å². The zero-order valence-electron chi connectivity index (χ0n) is 15.4. The van der Waals surface area contributed by atoms with Crippen LogP contribution in [-0.4, -0.2) is 29.0 Å². The van der Waals surface area contributed by atoms with Crippen LogP contribution < -0.4 is 5.32 Å². The average molecular weight is 409 g/mol. The first-order chi connectivity index (χ1) is 14.0. The Kier molecular flexibility index (Phi) is 5.09. The number of ether oxygens (including phenoxy) is 1. The smallest absolute Gasteiger partial charge is 0.348 e. The molecule has 6 nitrogen and oxygen atoms in total. The van der Waals surface area contributed by atoms with Crippen LogP contribution in [0.3, 0.4) is 0 Å². The van der Waals surface area contributed by atoms with Crippen molar-refractivity contribution < 1.29 is 18.7 Å². The van der Waals surface area contributed by atoms with Gasteiger partial charge in [-0.05, 0) is 42.0 Å². The number of amides is 1. The lowest BCUT2D eigenvalue weighted by atomic mass is 10.1. The highest BCUT2D eigenvalue weighted by Gasteiger charge is 2.15. The molecule has 0 radical (unpaired) electrons. The van der Waals surface area contributed by atoms with Gasteiger partial charge in [-0.2, -0.15) is 0 Å². The second-order valence-electron chi connectivity index (χ2n) is 6.29. The lowest BCUT2D eigenvalue weighted by Crippen LogP contribution is -2.09. The number of anilines is 1. The van der Waals surface area contributed by atoms with Crippen LogP contribution in [-0.2, 0) is 11.2 Å². The molecule has 0 bridgehead atoms. The minimum Gasteiger partial charge on any atom is -0.465 e. The molecule has 4 rings (SSSR count). The molecule has 0 saturated heterocycles. The van der Waals surface area contributed by atoms with Crippen molar-refractivity contribution in [1.82, 2.24) is 9.97 Å². The van der Waals surface area contributed by atoms with Gasteiger partial charge in [-0.3, -0.25) is 4.79 Å². The van der Waals surface area contributed by atoms with Crippen LogP contribution in [0.5, 0.6) is 0 Å². The number of carbonyl (C=O) groups is 2. The number of nitrogens with zero attached hydrogens (tertiary/aromatic N) is 1. The Morgan fingerprint density at radius 1 is 1.14 bits per heavy atom. The summed E-state index contributed by atoms with van der Waals surface area (Å²) in [6, 6.07) is 15.0. The molecule has 0 unspecified atom stereocenters. The molecule has 0 atom stereocenters. The molecule has 2 aromatic heterocycles. The third-order valence-electron chi connectivity index (χ3n) is 4.32. The third-order valence-corrected chi connectivity index (χ3v) is 5.38. The van der Waals surface area contributed by atoms with Gasteiger partial charge in [-0.25, -0.2) is 14.2 Å². The Morgan fingerprint density at radius 2 is 1.93 bits per heavy atom. The number of rotatable bonds is 5. The number of halogens is 1. The first-order valence-electron chi connectivity index (χ1n) is 8.75. The fourth-order valence-electron chi connectivity index (χ4n) is 2.91. The number of aromatic amines is 1. The second-order valence-corrected chi connectivity index (χ2v) is 7.38. The van der Waals surface area contributed by atoms with E-state index in [2.05, 4.69) is 20.0 Å². The summed E-state index contributed by atoms with van der Waals surface area (Å²) >= 11 is 1.06. The van der Waals surface area contributed by atoms with E-state index in [0.29, 0.717) is 33.3 Å². The summed E-state index contributed by atoms with van der Waals surface area (Å²) in [4.78, 5) is 32.4. The van der Waals surface area contributed by atoms with Crippen molar-refractivity contribution >= 4 is 39.9 Å². The number of methoxy groups -OCH3 is 1. The molecule has 8 heteroatoms. The van der Waals surface area contributed by atoms with Crippen LogP contribution in [0.4, 0.5) is 10.1 Å². The zero-order chi connectivity index (χ0) is 20.4. The Labute approximate surface area is 169 Å². The molecule has 0 aliphatic heterocycles. The number of hydrogen-bond donors (Lipinski definition) is 2. The topological polar surface area (TPSA) is 84.1 Å². The standard InChI is InChI=1S/C21H16FN3O3S/c1-28-21(27)18-9-8-17(29-18)20(26)23-13-6-7-15-16(11-13)25-19(24-15)10-12-4-2-3-5-14(12)22/h2-9,11H,10H2,1H3,(H,23,26)(H,24,25). The van der Waals surface area contributed by atoms with E-state index in [4.69, 9.17) is 0 Å². The van der Waals surface area contributed by atoms with Crippen molar-refractivity contribution in [1.29, 1.82) is 0 Å². The zero-order valence-corrected chi connectivity index (χ0v) is 16.2. The van der Waals surface area contributed by atoms with Crippen molar-refractivity contribution in [3.63, 3.8) is 0 Å². The fraction of sp³-hybridized carbons (Fsp3) is 0.0952. The quantitative estimate of drug-likeness (QED) is 0.479.